The van der Waals surface area contributed by atoms with Crippen LogP contribution in [0.3, 0.4) is 0 Å². The second-order valence-corrected chi connectivity index (χ2v) is 6.51. The van der Waals surface area contributed by atoms with E-state index in [1.165, 1.54) is 0 Å². The number of ether oxygens (including phenoxy) is 2. The third kappa shape index (κ3) is 3.77. The van der Waals surface area contributed by atoms with Crippen molar-refractivity contribution in [2.75, 3.05) is 37.1 Å². The van der Waals surface area contributed by atoms with Crippen LogP contribution in [-0.4, -0.2) is 39.3 Å². The third-order valence-electron chi connectivity index (χ3n) is 4.91. The molecule has 2 aromatic rings. The lowest BCUT2D eigenvalue weighted by molar-refractivity contribution is -0.114. The van der Waals surface area contributed by atoms with Crippen LogP contribution in [0.25, 0.3) is 6.08 Å². The zero-order valence-electron chi connectivity index (χ0n) is 16.3. The van der Waals surface area contributed by atoms with E-state index in [1.807, 2.05) is 41.3 Å². The number of likely N-dealkylation sites (N-methyl/N-ethyl adjacent to an activating group) is 1. The van der Waals surface area contributed by atoms with Crippen LogP contribution in [0.4, 0.5) is 11.4 Å². The molecule has 1 atom stereocenters. The second kappa shape index (κ2) is 8.16. The molecule has 1 unspecified atom stereocenters. The molecule has 1 amide bonds. The van der Waals surface area contributed by atoms with Crippen molar-refractivity contribution < 1.29 is 14.3 Å². The van der Waals surface area contributed by atoms with Crippen LogP contribution in [0.15, 0.2) is 48.5 Å². The Morgan fingerprint density at radius 3 is 2.56 bits per heavy atom. The summed E-state index contributed by atoms with van der Waals surface area (Å²) < 4.78 is 10.7. The standard InChI is InChI=1S/C22H26N2O3/c1-5-23-16(2)15-24(20-9-7-6-8-19(20)23)22(25)13-10-17-14-18(26-3)11-12-21(17)27-4/h6-14,16H,5,15H2,1-4H3/b13-10+. The normalized spacial score (nSPS) is 16.4. The summed E-state index contributed by atoms with van der Waals surface area (Å²) in [5.41, 5.74) is 2.85. The third-order valence-corrected chi connectivity index (χ3v) is 4.91. The van der Waals surface area contributed by atoms with Gasteiger partial charge in [0.1, 0.15) is 11.5 Å². The smallest absolute Gasteiger partial charge is 0.251 e. The van der Waals surface area contributed by atoms with Gasteiger partial charge in [0.25, 0.3) is 5.91 Å². The van der Waals surface area contributed by atoms with Gasteiger partial charge in [-0.15, -0.1) is 0 Å². The van der Waals surface area contributed by atoms with Gasteiger partial charge in [0, 0.05) is 30.8 Å². The van der Waals surface area contributed by atoms with Crippen molar-refractivity contribution in [2.45, 2.75) is 19.9 Å². The summed E-state index contributed by atoms with van der Waals surface area (Å²) in [5, 5.41) is 0. The number of fused-ring (bicyclic) bond motifs is 1. The molecule has 0 radical (unpaired) electrons. The van der Waals surface area contributed by atoms with Gasteiger partial charge < -0.3 is 19.3 Å². The molecule has 1 heterocycles. The monoisotopic (exact) mass is 366 g/mol. The van der Waals surface area contributed by atoms with Crippen molar-refractivity contribution in [3.05, 3.63) is 54.1 Å². The van der Waals surface area contributed by atoms with Crippen molar-refractivity contribution in [3.8, 4) is 11.5 Å². The summed E-state index contributed by atoms with van der Waals surface area (Å²) in [4.78, 5) is 17.1. The molecular weight excluding hydrogens is 340 g/mol. The van der Waals surface area contributed by atoms with E-state index in [2.05, 4.69) is 24.8 Å². The van der Waals surface area contributed by atoms with Gasteiger partial charge >= 0.3 is 0 Å². The number of carbonyl (C=O) groups is 1. The molecule has 27 heavy (non-hydrogen) atoms. The number of amides is 1. The van der Waals surface area contributed by atoms with Crippen LogP contribution in [-0.2, 0) is 4.79 Å². The molecule has 0 saturated heterocycles. The molecular formula is C22H26N2O3. The fraction of sp³-hybridized carbons (Fsp3) is 0.318. The predicted molar refractivity (Wildman–Crippen MR) is 110 cm³/mol. The number of methoxy groups -OCH3 is 2. The minimum Gasteiger partial charge on any atom is -0.497 e. The molecule has 142 valence electrons. The Balaban J connectivity index is 1.89. The molecule has 2 aromatic carbocycles. The highest BCUT2D eigenvalue weighted by Crippen LogP contribution is 2.35. The molecule has 1 aliphatic rings. The van der Waals surface area contributed by atoms with Gasteiger partial charge in [-0.2, -0.15) is 0 Å². The van der Waals surface area contributed by atoms with E-state index in [0.29, 0.717) is 12.3 Å². The average Bonchev–Trinajstić information content (AvgIpc) is 2.71. The first-order valence-electron chi connectivity index (χ1n) is 9.16. The van der Waals surface area contributed by atoms with Crippen molar-refractivity contribution in [1.29, 1.82) is 0 Å². The summed E-state index contributed by atoms with van der Waals surface area (Å²) in [6, 6.07) is 13.8. The SMILES string of the molecule is CCN1c2ccccc2N(C(=O)/C=C/c2cc(OC)ccc2OC)CC1C. The summed E-state index contributed by atoms with van der Waals surface area (Å²) >= 11 is 0. The lowest BCUT2D eigenvalue weighted by Gasteiger charge is -2.41. The zero-order valence-corrected chi connectivity index (χ0v) is 16.3. The molecule has 3 rings (SSSR count). The topological polar surface area (TPSA) is 42.0 Å². The summed E-state index contributed by atoms with van der Waals surface area (Å²) in [6.07, 6.45) is 3.38. The van der Waals surface area contributed by atoms with Crippen LogP contribution in [0, 0.1) is 0 Å². The number of rotatable bonds is 5. The lowest BCUT2D eigenvalue weighted by atomic mass is 10.1. The molecule has 0 saturated carbocycles. The maximum atomic E-state index is 13.0. The Morgan fingerprint density at radius 2 is 1.89 bits per heavy atom. The molecule has 1 aliphatic heterocycles. The van der Waals surface area contributed by atoms with Gasteiger partial charge in [-0.25, -0.2) is 0 Å². The highest BCUT2D eigenvalue weighted by atomic mass is 16.5. The number of anilines is 2. The van der Waals surface area contributed by atoms with E-state index in [0.717, 1.165) is 29.2 Å². The Labute approximate surface area is 160 Å². The van der Waals surface area contributed by atoms with Crippen LogP contribution in [0.5, 0.6) is 11.5 Å². The lowest BCUT2D eigenvalue weighted by Crippen LogP contribution is -2.49. The number of carbonyl (C=O) groups excluding carboxylic acids is 1. The average molecular weight is 366 g/mol. The Bertz CT molecular complexity index is 847. The number of para-hydroxylation sites is 2. The molecule has 0 spiro atoms. The number of hydrogen-bond acceptors (Lipinski definition) is 4. The minimum atomic E-state index is -0.0464. The fourth-order valence-corrected chi connectivity index (χ4v) is 3.55. The van der Waals surface area contributed by atoms with Crippen molar-refractivity contribution in [2.24, 2.45) is 0 Å². The van der Waals surface area contributed by atoms with Crippen molar-refractivity contribution in [1.82, 2.24) is 0 Å². The molecule has 0 bridgehead atoms. The van der Waals surface area contributed by atoms with Gasteiger partial charge in [0.2, 0.25) is 0 Å². The minimum absolute atomic E-state index is 0.0464. The molecule has 0 aromatic heterocycles. The maximum absolute atomic E-state index is 13.0. The summed E-state index contributed by atoms with van der Waals surface area (Å²) in [6.45, 7) is 5.86. The first-order chi connectivity index (χ1) is 13.1. The maximum Gasteiger partial charge on any atom is 0.251 e. The van der Waals surface area contributed by atoms with Crippen molar-refractivity contribution in [3.63, 3.8) is 0 Å². The predicted octanol–water partition coefficient (Wildman–Crippen LogP) is 3.98. The first kappa shape index (κ1) is 18.8. The van der Waals surface area contributed by atoms with Crippen LogP contribution >= 0.6 is 0 Å². The van der Waals surface area contributed by atoms with Crippen molar-refractivity contribution >= 4 is 23.4 Å². The molecule has 5 nitrogen and oxygen atoms in total. The van der Waals surface area contributed by atoms with Gasteiger partial charge in [-0.05, 0) is 50.3 Å². The zero-order chi connectivity index (χ0) is 19.4. The highest BCUT2D eigenvalue weighted by Gasteiger charge is 2.29. The summed E-state index contributed by atoms with van der Waals surface area (Å²) in [5.74, 6) is 1.37. The summed E-state index contributed by atoms with van der Waals surface area (Å²) in [7, 11) is 3.23. The van der Waals surface area contributed by atoms with Gasteiger partial charge in [-0.1, -0.05) is 12.1 Å². The van der Waals surface area contributed by atoms with Crippen LogP contribution in [0.2, 0.25) is 0 Å². The molecule has 5 heteroatoms. The van der Waals surface area contributed by atoms with E-state index in [9.17, 15) is 4.79 Å². The largest absolute Gasteiger partial charge is 0.497 e. The fourth-order valence-electron chi connectivity index (χ4n) is 3.55. The number of hydrogen-bond donors (Lipinski definition) is 0. The van der Waals surface area contributed by atoms with Gasteiger partial charge in [0.15, 0.2) is 0 Å². The molecule has 0 N–H and O–H groups in total. The van der Waals surface area contributed by atoms with Crippen LogP contribution < -0.4 is 19.3 Å². The van der Waals surface area contributed by atoms with E-state index in [-0.39, 0.29) is 11.9 Å². The van der Waals surface area contributed by atoms with E-state index >= 15 is 0 Å². The van der Waals surface area contributed by atoms with E-state index < -0.39 is 0 Å². The van der Waals surface area contributed by atoms with Gasteiger partial charge in [-0.3, -0.25) is 4.79 Å². The quantitative estimate of drug-likeness (QED) is 0.751. The Hall–Kier alpha value is -2.95. The van der Waals surface area contributed by atoms with Gasteiger partial charge in [0.05, 0.1) is 25.6 Å². The van der Waals surface area contributed by atoms with E-state index in [4.69, 9.17) is 9.47 Å². The second-order valence-electron chi connectivity index (χ2n) is 6.51. The number of nitrogens with zero attached hydrogens (tertiary/aromatic N) is 2. The highest BCUT2D eigenvalue weighted by molar-refractivity contribution is 6.06. The number of benzene rings is 2. The Kier molecular flexibility index (Phi) is 5.69. The molecule has 0 fully saturated rings. The van der Waals surface area contributed by atoms with E-state index in [1.54, 1.807) is 26.4 Å². The first-order valence-corrected chi connectivity index (χ1v) is 9.16. The Morgan fingerprint density at radius 1 is 1.15 bits per heavy atom. The van der Waals surface area contributed by atoms with Crippen LogP contribution in [0.1, 0.15) is 19.4 Å². The molecule has 0 aliphatic carbocycles.